The SMILES string of the molecule is CC(C)N(CC1CCCNC1)S(=O)(=O)c1ccc(Br)cc1. The molecule has 0 amide bonds. The molecule has 1 aromatic rings. The van der Waals surface area contributed by atoms with Crippen molar-refractivity contribution in [3.63, 3.8) is 0 Å². The van der Waals surface area contributed by atoms with Crippen molar-refractivity contribution in [3.05, 3.63) is 28.7 Å². The van der Waals surface area contributed by atoms with E-state index in [9.17, 15) is 8.42 Å². The van der Waals surface area contributed by atoms with E-state index in [-0.39, 0.29) is 6.04 Å². The molecule has 21 heavy (non-hydrogen) atoms. The normalized spacial score (nSPS) is 20.1. The van der Waals surface area contributed by atoms with Gasteiger partial charge in [0.2, 0.25) is 10.0 Å². The number of rotatable bonds is 5. The van der Waals surface area contributed by atoms with Crippen molar-refractivity contribution in [1.82, 2.24) is 9.62 Å². The Kier molecular flexibility index (Phi) is 5.82. The lowest BCUT2D eigenvalue weighted by Gasteiger charge is -2.32. The molecule has 1 unspecified atom stereocenters. The molecule has 1 atom stereocenters. The maximum Gasteiger partial charge on any atom is 0.243 e. The average molecular weight is 375 g/mol. The highest BCUT2D eigenvalue weighted by Gasteiger charge is 2.29. The number of benzene rings is 1. The Morgan fingerprint density at radius 2 is 2.00 bits per heavy atom. The van der Waals surface area contributed by atoms with Crippen LogP contribution in [0.2, 0.25) is 0 Å². The van der Waals surface area contributed by atoms with Crippen molar-refractivity contribution in [1.29, 1.82) is 0 Å². The first-order valence-electron chi connectivity index (χ1n) is 7.39. The van der Waals surface area contributed by atoms with Crippen LogP contribution in [-0.4, -0.2) is 38.4 Å². The molecule has 4 nitrogen and oxygen atoms in total. The fourth-order valence-corrected chi connectivity index (χ4v) is 4.64. The zero-order valence-corrected chi connectivity index (χ0v) is 15.0. The summed E-state index contributed by atoms with van der Waals surface area (Å²) in [5, 5.41) is 3.35. The van der Waals surface area contributed by atoms with Gasteiger partial charge in [-0.3, -0.25) is 0 Å². The topological polar surface area (TPSA) is 49.4 Å². The highest BCUT2D eigenvalue weighted by atomic mass is 79.9. The lowest BCUT2D eigenvalue weighted by molar-refractivity contribution is 0.264. The zero-order chi connectivity index (χ0) is 15.5. The van der Waals surface area contributed by atoms with Gasteiger partial charge in [-0.2, -0.15) is 4.31 Å². The van der Waals surface area contributed by atoms with Gasteiger partial charge in [0.25, 0.3) is 0 Å². The second-order valence-electron chi connectivity index (χ2n) is 5.83. The predicted molar refractivity (Wildman–Crippen MR) is 88.8 cm³/mol. The summed E-state index contributed by atoms with van der Waals surface area (Å²) >= 11 is 3.34. The molecular formula is C15H23BrN2O2S. The minimum atomic E-state index is -3.43. The van der Waals surface area contributed by atoms with Crippen LogP contribution in [0.4, 0.5) is 0 Å². The molecule has 0 aromatic heterocycles. The van der Waals surface area contributed by atoms with E-state index >= 15 is 0 Å². The van der Waals surface area contributed by atoms with Gasteiger partial charge in [-0.05, 0) is 70.0 Å². The quantitative estimate of drug-likeness (QED) is 0.861. The van der Waals surface area contributed by atoms with E-state index < -0.39 is 10.0 Å². The molecule has 1 aromatic carbocycles. The Hall–Kier alpha value is -0.430. The molecular weight excluding hydrogens is 352 g/mol. The van der Waals surface area contributed by atoms with Crippen LogP contribution >= 0.6 is 15.9 Å². The largest absolute Gasteiger partial charge is 0.316 e. The molecule has 1 heterocycles. The van der Waals surface area contributed by atoms with Gasteiger partial charge >= 0.3 is 0 Å². The van der Waals surface area contributed by atoms with Crippen molar-refractivity contribution in [2.24, 2.45) is 5.92 Å². The molecule has 1 fully saturated rings. The number of nitrogens with one attached hydrogen (secondary N) is 1. The third-order valence-corrected chi connectivity index (χ3v) is 6.42. The zero-order valence-electron chi connectivity index (χ0n) is 12.5. The summed E-state index contributed by atoms with van der Waals surface area (Å²) in [7, 11) is -3.43. The van der Waals surface area contributed by atoms with Gasteiger partial charge in [0.15, 0.2) is 0 Å². The Bertz CT molecular complexity index is 552. The van der Waals surface area contributed by atoms with Gasteiger partial charge < -0.3 is 5.32 Å². The van der Waals surface area contributed by atoms with Crippen LogP contribution in [0, 0.1) is 5.92 Å². The maximum absolute atomic E-state index is 12.8. The summed E-state index contributed by atoms with van der Waals surface area (Å²) in [5.41, 5.74) is 0. The third kappa shape index (κ3) is 4.28. The van der Waals surface area contributed by atoms with Crippen LogP contribution in [0.1, 0.15) is 26.7 Å². The molecule has 2 rings (SSSR count). The standard InChI is InChI=1S/C15H23BrN2O2S/c1-12(2)18(11-13-4-3-9-17-10-13)21(19,20)15-7-5-14(16)6-8-15/h5-8,12-13,17H,3-4,9-11H2,1-2H3. The molecule has 0 saturated carbocycles. The fraction of sp³-hybridized carbons (Fsp3) is 0.600. The summed E-state index contributed by atoms with van der Waals surface area (Å²) in [5.74, 6) is 0.395. The average Bonchev–Trinajstić information content (AvgIpc) is 2.46. The van der Waals surface area contributed by atoms with E-state index in [1.54, 1.807) is 28.6 Å². The molecule has 1 aliphatic rings. The van der Waals surface area contributed by atoms with E-state index in [0.29, 0.717) is 17.4 Å². The second-order valence-corrected chi connectivity index (χ2v) is 8.64. The Morgan fingerprint density at radius 1 is 1.33 bits per heavy atom. The summed E-state index contributed by atoms with van der Waals surface area (Å²) in [4.78, 5) is 0.364. The van der Waals surface area contributed by atoms with Crippen molar-refractivity contribution < 1.29 is 8.42 Å². The Morgan fingerprint density at radius 3 is 2.52 bits per heavy atom. The molecule has 6 heteroatoms. The number of piperidine rings is 1. The van der Waals surface area contributed by atoms with Crippen molar-refractivity contribution in [2.45, 2.75) is 37.6 Å². The highest BCUT2D eigenvalue weighted by molar-refractivity contribution is 9.10. The van der Waals surface area contributed by atoms with Crippen LogP contribution in [0.3, 0.4) is 0 Å². The molecule has 1 N–H and O–H groups in total. The van der Waals surface area contributed by atoms with Gasteiger partial charge in [-0.25, -0.2) is 8.42 Å². The first-order chi connectivity index (χ1) is 9.91. The van der Waals surface area contributed by atoms with E-state index in [1.165, 1.54) is 0 Å². The number of nitrogens with zero attached hydrogens (tertiary/aromatic N) is 1. The van der Waals surface area contributed by atoms with Gasteiger partial charge in [0, 0.05) is 17.1 Å². The number of hydrogen-bond donors (Lipinski definition) is 1. The third-order valence-electron chi connectivity index (χ3n) is 3.83. The first-order valence-corrected chi connectivity index (χ1v) is 9.62. The van der Waals surface area contributed by atoms with Crippen molar-refractivity contribution in [2.75, 3.05) is 19.6 Å². The molecule has 118 valence electrons. The Balaban J connectivity index is 2.21. The number of sulfonamides is 1. The monoisotopic (exact) mass is 374 g/mol. The second kappa shape index (κ2) is 7.22. The molecule has 1 aliphatic heterocycles. The first kappa shape index (κ1) is 16.9. The molecule has 0 spiro atoms. The van der Waals surface area contributed by atoms with Crippen LogP contribution in [0.15, 0.2) is 33.6 Å². The van der Waals surface area contributed by atoms with Gasteiger partial charge in [0.1, 0.15) is 0 Å². The molecule has 1 saturated heterocycles. The molecule has 0 bridgehead atoms. The Labute approximate surface area is 136 Å². The van der Waals surface area contributed by atoms with Gasteiger partial charge in [-0.1, -0.05) is 15.9 Å². The van der Waals surface area contributed by atoms with Crippen molar-refractivity contribution >= 4 is 26.0 Å². The fourth-order valence-electron chi connectivity index (χ4n) is 2.66. The summed E-state index contributed by atoms with van der Waals surface area (Å²) in [6, 6.07) is 6.82. The number of halogens is 1. The predicted octanol–water partition coefficient (Wildman–Crippen LogP) is 2.85. The summed E-state index contributed by atoms with van der Waals surface area (Å²) < 4.78 is 28.2. The minimum Gasteiger partial charge on any atom is -0.316 e. The van der Waals surface area contributed by atoms with E-state index in [0.717, 1.165) is 30.4 Å². The lowest BCUT2D eigenvalue weighted by atomic mass is 9.99. The van der Waals surface area contributed by atoms with Crippen LogP contribution in [-0.2, 0) is 10.0 Å². The molecule has 0 radical (unpaired) electrons. The van der Waals surface area contributed by atoms with Crippen LogP contribution in [0.25, 0.3) is 0 Å². The van der Waals surface area contributed by atoms with E-state index in [4.69, 9.17) is 0 Å². The van der Waals surface area contributed by atoms with E-state index in [2.05, 4.69) is 21.2 Å². The van der Waals surface area contributed by atoms with Crippen LogP contribution < -0.4 is 5.32 Å². The van der Waals surface area contributed by atoms with E-state index in [1.807, 2.05) is 13.8 Å². The van der Waals surface area contributed by atoms with Gasteiger partial charge in [0.05, 0.1) is 4.90 Å². The van der Waals surface area contributed by atoms with Crippen molar-refractivity contribution in [3.8, 4) is 0 Å². The highest BCUT2D eigenvalue weighted by Crippen LogP contribution is 2.23. The number of hydrogen-bond acceptors (Lipinski definition) is 3. The van der Waals surface area contributed by atoms with Gasteiger partial charge in [-0.15, -0.1) is 0 Å². The maximum atomic E-state index is 12.8. The summed E-state index contributed by atoms with van der Waals surface area (Å²) in [6.45, 7) is 6.40. The lowest BCUT2D eigenvalue weighted by Crippen LogP contribution is -2.44. The summed E-state index contributed by atoms with van der Waals surface area (Å²) in [6.07, 6.45) is 2.21. The minimum absolute atomic E-state index is 0.0411. The smallest absolute Gasteiger partial charge is 0.243 e. The van der Waals surface area contributed by atoms with Crippen LogP contribution in [0.5, 0.6) is 0 Å². The molecule has 0 aliphatic carbocycles.